The molecule has 1 amide bonds. The van der Waals surface area contributed by atoms with Crippen LogP contribution in [0.2, 0.25) is 0 Å². The lowest BCUT2D eigenvalue weighted by atomic mass is 10.2. The minimum Gasteiger partial charge on any atom is -0.359 e. The Hall–Kier alpha value is -2.02. The minimum atomic E-state index is -0.0322. The van der Waals surface area contributed by atoms with Crippen molar-refractivity contribution in [2.45, 2.75) is 13.0 Å². The Morgan fingerprint density at radius 1 is 1.61 bits per heavy atom. The van der Waals surface area contributed by atoms with E-state index in [1.54, 1.807) is 24.0 Å². The molecule has 0 aliphatic rings. The number of amides is 1. The van der Waals surface area contributed by atoms with E-state index in [4.69, 9.17) is 12.2 Å². The van der Waals surface area contributed by atoms with Gasteiger partial charge in [-0.05, 0) is 24.4 Å². The number of carbonyl (C=O) groups is 1. The van der Waals surface area contributed by atoms with E-state index in [1.807, 2.05) is 12.1 Å². The van der Waals surface area contributed by atoms with E-state index >= 15 is 0 Å². The van der Waals surface area contributed by atoms with E-state index in [0.717, 1.165) is 5.56 Å². The summed E-state index contributed by atoms with van der Waals surface area (Å²) >= 11 is 5.15. The molecule has 0 saturated carbocycles. The molecule has 2 aromatic heterocycles. The molecule has 0 saturated heterocycles. The fraction of sp³-hybridized carbons (Fsp3) is 0.273. The Balaban J connectivity index is 2.28. The molecule has 6 nitrogen and oxygen atoms in total. The van der Waals surface area contributed by atoms with Crippen molar-refractivity contribution < 1.29 is 4.79 Å². The zero-order chi connectivity index (χ0) is 13.0. The van der Waals surface area contributed by atoms with Gasteiger partial charge < -0.3 is 5.32 Å². The number of H-pyrrole nitrogens is 1. The average Bonchev–Trinajstić information content (AvgIpc) is 2.78. The molecule has 2 N–H and O–H groups in total. The lowest BCUT2D eigenvalue weighted by Crippen LogP contribution is -2.19. The Morgan fingerprint density at radius 2 is 2.44 bits per heavy atom. The Kier molecular flexibility index (Phi) is 3.83. The third-order valence-corrected chi connectivity index (χ3v) is 2.83. The SMILES string of the molecule is CNC(=O)CCn1c(-c2cccnc2)n[nH]c1=S. The molecule has 0 spiro atoms. The molecule has 7 heteroatoms. The van der Waals surface area contributed by atoms with Crippen LogP contribution >= 0.6 is 12.2 Å². The molecule has 94 valence electrons. The van der Waals surface area contributed by atoms with Gasteiger partial charge >= 0.3 is 0 Å². The van der Waals surface area contributed by atoms with Crippen LogP contribution in [0.15, 0.2) is 24.5 Å². The topological polar surface area (TPSA) is 75.6 Å². The summed E-state index contributed by atoms with van der Waals surface area (Å²) in [4.78, 5) is 15.3. The minimum absolute atomic E-state index is 0.0322. The molecule has 2 heterocycles. The van der Waals surface area contributed by atoms with E-state index in [2.05, 4.69) is 20.5 Å². The van der Waals surface area contributed by atoms with Gasteiger partial charge in [0.2, 0.25) is 5.91 Å². The van der Waals surface area contributed by atoms with E-state index < -0.39 is 0 Å². The monoisotopic (exact) mass is 263 g/mol. The van der Waals surface area contributed by atoms with Gasteiger partial charge in [-0.3, -0.25) is 19.4 Å². The second-order valence-corrected chi connectivity index (χ2v) is 4.06. The highest BCUT2D eigenvalue weighted by atomic mass is 32.1. The largest absolute Gasteiger partial charge is 0.359 e. The quantitative estimate of drug-likeness (QED) is 0.811. The lowest BCUT2D eigenvalue weighted by Gasteiger charge is -2.05. The summed E-state index contributed by atoms with van der Waals surface area (Å²) in [5, 5.41) is 9.47. The van der Waals surface area contributed by atoms with Crippen LogP contribution in [0.3, 0.4) is 0 Å². The van der Waals surface area contributed by atoms with Crippen LogP contribution in [-0.4, -0.2) is 32.7 Å². The van der Waals surface area contributed by atoms with E-state index in [9.17, 15) is 4.79 Å². The second-order valence-electron chi connectivity index (χ2n) is 3.67. The van der Waals surface area contributed by atoms with Gasteiger partial charge in [-0.25, -0.2) is 0 Å². The second kappa shape index (κ2) is 5.54. The number of hydrogen-bond donors (Lipinski definition) is 2. The third kappa shape index (κ3) is 2.62. The fourth-order valence-electron chi connectivity index (χ4n) is 1.58. The molecule has 18 heavy (non-hydrogen) atoms. The maximum Gasteiger partial charge on any atom is 0.221 e. The molecule has 0 aliphatic carbocycles. The highest BCUT2D eigenvalue weighted by Crippen LogP contribution is 2.15. The van der Waals surface area contributed by atoms with Crippen molar-refractivity contribution in [1.29, 1.82) is 0 Å². The molecule has 0 fully saturated rings. The van der Waals surface area contributed by atoms with Gasteiger partial charge in [0.05, 0.1) is 0 Å². The van der Waals surface area contributed by atoms with Crippen LogP contribution in [0.4, 0.5) is 0 Å². The molecule has 0 bridgehead atoms. The van der Waals surface area contributed by atoms with Crippen LogP contribution in [0, 0.1) is 4.77 Å². The number of aromatic amines is 1. The highest BCUT2D eigenvalue weighted by Gasteiger charge is 2.09. The van der Waals surface area contributed by atoms with E-state index in [0.29, 0.717) is 23.6 Å². The van der Waals surface area contributed by atoms with Gasteiger partial charge in [-0.15, -0.1) is 0 Å². The molecule has 0 aliphatic heterocycles. The molecule has 2 rings (SSSR count). The number of carbonyl (C=O) groups excluding carboxylic acids is 1. The number of hydrogen-bond acceptors (Lipinski definition) is 4. The molecule has 2 aromatic rings. The Labute approximate surface area is 109 Å². The summed E-state index contributed by atoms with van der Waals surface area (Å²) < 4.78 is 2.29. The predicted octanol–water partition coefficient (Wildman–Crippen LogP) is 1.14. The summed E-state index contributed by atoms with van der Waals surface area (Å²) in [5.74, 6) is 0.659. The van der Waals surface area contributed by atoms with Crippen molar-refractivity contribution in [3.63, 3.8) is 0 Å². The molecule has 0 aromatic carbocycles. The van der Waals surface area contributed by atoms with Crippen molar-refractivity contribution in [1.82, 2.24) is 25.1 Å². The zero-order valence-corrected chi connectivity index (χ0v) is 10.7. The summed E-state index contributed by atoms with van der Waals surface area (Å²) in [6.45, 7) is 0.485. The molecule has 0 radical (unpaired) electrons. The first-order valence-corrected chi connectivity index (χ1v) is 5.89. The van der Waals surface area contributed by atoms with Gasteiger partial charge in [0.25, 0.3) is 0 Å². The standard InChI is InChI=1S/C11H13N5OS/c1-12-9(17)4-6-16-10(14-15-11(16)18)8-3-2-5-13-7-8/h2-3,5,7H,4,6H2,1H3,(H,12,17)(H,15,18). The van der Waals surface area contributed by atoms with Gasteiger partial charge in [-0.1, -0.05) is 0 Å². The number of rotatable bonds is 4. The van der Waals surface area contributed by atoms with Gasteiger partial charge in [0.15, 0.2) is 10.6 Å². The first kappa shape index (κ1) is 12.4. The first-order chi connectivity index (χ1) is 8.72. The van der Waals surface area contributed by atoms with Crippen molar-refractivity contribution >= 4 is 18.1 Å². The number of nitrogens with one attached hydrogen (secondary N) is 2. The van der Waals surface area contributed by atoms with Crippen LogP contribution in [-0.2, 0) is 11.3 Å². The van der Waals surface area contributed by atoms with Crippen LogP contribution in [0.5, 0.6) is 0 Å². The smallest absolute Gasteiger partial charge is 0.221 e. The van der Waals surface area contributed by atoms with E-state index in [-0.39, 0.29) is 5.91 Å². The predicted molar refractivity (Wildman–Crippen MR) is 69.3 cm³/mol. The molecule has 0 unspecified atom stereocenters. The average molecular weight is 263 g/mol. The normalized spacial score (nSPS) is 10.3. The van der Waals surface area contributed by atoms with Crippen molar-refractivity contribution in [2.75, 3.05) is 7.05 Å². The first-order valence-electron chi connectivity index (χ1n) is 5.48. The van der Waals surface area contributed by atoms with Crippen LogP contribution in [0.25, 0.3) is 11.4 Å². The highest BCUT2D eigenvalue weighted by molar-refractivity contribution is 7.71. The summed E-state index contributed by atoms with van der Waals surface area (Å²) in [5.41, 5.74) is 0.863. The Bertz CT molecular complexity index is 589. The van der Waals surface area contributed by atoms with Crippen molar-refractivity contribution in [2.24, 2.45) is 0 Å². The zero-order valence-electron chi connectivity index (χ0n) is 9.88. The van der Waals surface area contributed by atoms with E-state index in [1.165, 1.54) is 0 Å². The fourth-order valence-corrected chi connectivity index (χ4v) is 1.80. The molecular formula is C11H13N5OS. The van der Waals surface area contributed by atoms with Crippen molar-refractivity contribution in [3.05, 3.63) is 29.3 Å². The van der Waals surface area contributed by atoms with Gasteiger partial charge in [0.1, 0.15) is 0 Å². The molecular weight excluding hydrogens is 250 g/mol. The maximum atomic E-state index is 11.3. The van der Waals surface area contributed by atoms with Crippen molar-refractivity contribution in [3.8, 4) is 11.4 Å². The van der Waals surface area contributed by atoms with Gasteiger partial charge in [0, 0.05) is 38.0 Å². The van der Waals surface area contributed by atoms with Gasteiger partial charge in [-0.2, -0.15) is 5.10 Å². The third-order valence-electron chi connectivity index (χ3n) is 2.52. The summed E-state index contributed by atoms with van der Waals surface area (Å²) in [6.07, 6.45) is 3.76. The number of nitrogens with zero attached hydrogens (tertiary/aromatic N) is 3. The summed E-state index contributed by atoms with van der Waals surface area (Å²) in [7, 11) is 1.61. The lowest BCUT2D eigenvalue weighted by molar-refractivity contribution is -0.120. The van der Waals surface area contributed by atoms with Crippen LogP contribution in [0.1, 0.15) is 6.42 Å². The molecule has 0 atom stereocenters. The number of pyridine rings is 1. The maximum absolute atomic E-state index is 11.3. The number of aromatic nitrogens is 4. The van der Waals surface area contributed by atoms with Crippen LogP contribution < -0.4 is 5.32 Å². The summed E-state index contributed by atoms with van der Waals surface area (Å²) in [6, 6.07) is 3.73. The Morgan fingerprint density at radius 3 is 3.11 bits per heavy atom.